The van der Waals surface area contributed by atoms with Crippen LogP contribution in [0.5, 0.6) is 0 Å². The maximum Gasteiger partial charge on any atom is 0.243 e. The topological polar surface area (TPSA) is 69.2 Å². The van der Waals surface area contributed by atoms with Gasteiger partial charge in [0.05, 0.1) is 25.3 Å². The molecule has 164 valence electrons. The molecule has 2 aliphatic heterocycles. The van der Waals surface area contributed by atoms with E-state index in [9.17, 15) is 9.18 Å². The number of rotatable bonds is 5. The van der Waals surface area contributed by atoms with Crippen LogP contribution in [0.4, 0.5) is 10.1 Å². The number of likely N-dealkylation sites (tertiary alicyclic amines) is 1. The van der Waals surface area contributed by atoms with Crippen LogP contribution >= 0.6 is 0 Å². The SMILES string of the molecule is CN=C(NCC(=O)Nc1ccc(F)cc1)N1CC2OCCN(Cc3ccccc3)C2C1. The maximum absolute atomic E-state index is 13.0. The highest BCUT2D eigenvalue weighted by molar-refractivity contribution is 5.95. The Kier molecular flexibility index (Phi) is 6.79. The van der Waals surface area contributed by atoms with Gasteiger partial charge in [-0.15, -0.1) is 0 Å². The maximum atomic E-state index is 13.0. The Labute approximate surface area is 181 Å². The normalized spacial score (nSPS) is 21.6. The van der Waals surface area contributed by atoms with Crippen LogP contribution in [-0.2, 0) is 16.1 Å². The van der Waals surface area contributed by atoms with E-state index in [1.54, 1.807) is 7.05 Å². The minimum absolute atomic E-state index is 0.0739. The van der Waals surface area contributed by atoms with Gasteiger partial charge in [0.1, 0.15) is 5.82 Å². The van der Waals surface area contributed by atoms with Crippen molar-refractivity contribution in [1.29, 1.82) is 0 Å². The number of hydrogen-bond donors (Lipinski definition) is 2. The lowest BCUT2D eigenvalue weighted by molar-refractivity contribution is -0.115. The molecule has 0 radical (unpaired) electrons. The molecule has 0 saturated carbocycles. The van der Waals surface area contributed by atoms with Crippen LogP contribution in [0.1, 0.15) is 5.56 Å². The molecule has 2 atom stereocenters. The lowest BCUT2D eigenvalue weighted by atomic mass is 10.1. The number of nitrogens with zero attached hydrogens (tertiary/aromatic N) is 3. The van der Waals surface area contributed by atoms with E-state index in [1.807, 2.05) is 6.07 Å². The second-order valence-electron chi connectivity index (χ2n) is 7.79. The summed E-state index contributed by atoms with van der Waals surface area (Å²) in [5.41, 5.74) is 1.85. The number of morpholine rings is 1. The molecule has 31 heavy (non-hydrogen) atoms. The molecule has 2 heterocycles. The van der Waals surface area contributed by atoms with E-state index in [2.05, 4.69) is 49.7 Å². The molecule has 0 aromatic heterocycles. The molecular weight excluding hydrogens is 397 g/mol. The number of carbonyl (C=O) groups is 1. The van der Waals surface area contributed by atoms with Crippen molar-refractivity contribution in [2.45, 2.75) is 18.7 Å². The van der Waals surface area contributed by atoms with Gasteiger partial charge in [-0.05, 0) is 29.8 Å². The quantitative estimate of drug-likeness (QED) is 0.566. The molecule has 1 amide bonds. The van der Waals surface area contributed by atoms with Crippen molar-refractivity contribution in [3.63, 3.8) is 0 Å². The van der Waals surface area contributed by atoms with Crippen LogP contribution in [0.15, 0.2) is 59.6 Å². The number of anilines is 1. The fraction of sp³-hybridized carbons (Fsp3) is 0.391. The summed E-state index contributed by atoms with van der Waals surface area (Å²) < 4.78 is 19.0. The first-order valence-corrected chi connectivity index (χ1v) is 10.5. The molecule has 2 aliphatic rings. The van der Waals surface area contributed by atoms with Crippen LogP contribution in [0.3, 0.4) is 0 Å². The zero-order chi connectivity index (χ0) is 21.6. The molecule has 2 saturated heterocycles. The molecule has 0 aliphatic carbocycles. The van der Waals surface area contributed by atoms with E-state index in [0.29, 0.717) is 18.3 Å². The third-order valence-corrected chi connectivity index (χ3v) is 5.69. The second kappa shape index (κ2) is 9.89. The smallest absolute Gasteiger partial charge is 0.243 e. The molecule has 2 unspecified atom stereocenters. The molecule has 0 bridgehead atoms. The molecule has 4 rings (SSSR count). The molecule has 2 aromatic carbocycles. The van der Waals surface area contributed by atoms with Crippen LogP contribution in [-0.4, -0.2) is 73.6 Å². The molecule has 0 spiro atoms. The van der Waals surface area contributed by atoms with Crippen molar-refractivity contribution < 1.29 is 13.9 Å². The molecule has 8 heteroatoms. The van der Waals surface area contributed by atoms with E-state index in [0.717, 1.165) is 26.2 Å². The van der Waals surface area contributed by atoms with Gasteiger partial charge in [-0.1, -0.05) is 30.3 Å². The van der Waals surface area contributed by atoms with Gasteiger partial charge in [0.2, 0.25) is 5.91 Å². The van der Waals surface area contributed by atoms with Crippen molar-refractivity contribution >= 4 is 17.6 Å². The average Bonchev–Trinajstić information content (AvgIpc) is 3.22. The third-order valence-electron chi connectivity index (χ3n) is 5.69. The zero-order valence-corrected chi connectivity index (χ0v) is 17.6. The zero-order valence-electron chi connectivity index (χ0n) is 17.6. The van der Waals surface area contributed by atoms with Crippen molar-refractivity contribution in [3.05, 3.63) is 66.0 Å². The summed E-state index contributed by atoms with van der Waals surface area (Å²) in [4.78, 5) is 21.2. The third kappa shape index (κ3) is 5.39. The molecule has 7 nitrogen and oxygen atoms in total. The van der Waals surface area contributed by atoms with Gasteiger partial charge < -0.3 is 20.3 Å². The lowest BCUT2D eigenvalue weighted by Crippen LogP contribution is -2.50. The van der Waals surface area contributed by atoms with E-state index >= 15 is 0 Å². The van der Waals surface area contributed by atoms with Crippen LogP contribution in [0.25, 0.3) is 0 Å². The summed E-state index contributed by atoms with van der Waals surface area (Å²) in [5, 5.41) is 5.88. The summed E-state index contributed by atoms with van der Waals surface area (Å²) in [5.74, 6) is 0.119. The van der Waals surface area contributed by atoms with Gasteiger partial charge in [0.15, 0.2) is 5.96 Å². The number of guanidine groups is 1. The summed E-state index contributed by atoms with van der Waals surface area (Å²) in [7, 11) is 1.71. The van der Waals surface area contributed by atoms with Crippen LogP contribution in [0, 0.1) is 5.82 Å². The Bertz CT molecular complexity index is 906. The predicted octanol–water partition coefficient (Wildman–Crippen LogP) is 1.92. The average molecular weight is 426 g/mol. The van der Waals surface area contributed by atoms with Gasteiger partial charge in [0.25, 0.3) is 0 Å². The first-order valence-electron chi connectivity index (χ1n) is 10.5. The van der Waals surface area contributed by atoms with Gasteiger partial charge in [-0.3, -0.25) is 14.7 Å². The Balaban J connectivity index is 1.32. The van der Waals surface area contributed by atoms with E-state index in [1.165, 1.54) is 29.8 Å². The largest absolute Gasteiger partial charge is 0.373 e. The first kappa shape index (κ1) is 21.3. The summed E-state index contributed by atoms with van der Waals surface area (Å²) in [6.07, 6.45) is 0.115. The molecule has 2 fully saturated rings. The second-order valence-corrected chi connectivity index (χ2v) is 7.79. The summed E-state index contributed by atoms with van der Waals surface area (Å²) >= 11 is 0. The Morgan fingerprint density at radius 1 is 1.16 bits per heavy atom. The minimum atomic E-state index is -0.337. The van der Waals surface area contributed by atoms with Gasteiger partial charge in [-0.2, -0.15) is 0 Å². The lowest BCUT2D eigenvalue weighted by Gasteiger charge is -2.36. The number of benzene rings is 2. The standard InChI is InChI=1S/C23H28FN5O2/c1-25-23(26-13-22(30)27-19-9-7-18(24)8-10-19)29-15-20-21(16-29)31-12-11-28(20)14-17-5-3-2-4-6-17/h2-10,20-21H,11-16H2,1H3,(H,25,26)(H,27,30). The molecular formula is C23H28FN5O2. The molecule has 2 N–H and O–H groups in total. The highest BCUT2D eigenvalue weighted by Gasteiger charge is 2.41. The van der Waals surface area contributed by atoms with E-state index in [-0.39, 0.29) is 30.4 Å². The van der Waals surface area contributed by atoms with Crippen molar-refractivity contribution in [3.8, 4) is 0 Å². The summed E-state index contributed by atoms with van der Waals surface area (Å²) in [6.45, 7) is 4.10. The number of amides is 1. The number of halogens is 1. The number of fused-ring (bicyclic) bond motifs is 1. The Hall–Kier alpha value is -2.97. The number of ether oxygens (including phenoxy) is 1. The van der Waals surface area contributed by atoms with Crippen molar-refractivity contribution in [2.75, 3.05) is 45.2 Å². The number of nitrogens with one attached hydrogen (secondary N) is 2. The van der Waals surface area contributed by atoms with E-state index < -0.39 is 0 Å². The predicted molar refractivity (Wildman–Crippen MR) is 118 cm³/mol. The summed E-state index contributed by atoms with van der Waals surface area (Å²) in [6, 6.07) is 16.4. The van der Waals surface area contributed by atoms with Gasteiger partial charge in [-0.25, -0.2) is 4.39 Å². The number of aliphatic imine (C=N–C) groups is 1. The minimum Gasteiger partial charge on any atom is -0.373 e. The number of carbonyl (C=O) groups excluding carboxylic acids is 1. The monoisotopic (exact) mass is 425 g/mol. The van der Waals surface area contributed by atoms with Gasteiger partial charge in [0, 0.05) is 38.9 Å². The van der Waals surface area contributed by atoms with Gasteiger partial charge >= 0.3 is 0 Å². The van der Waals surface area contributed by atoms with Crippen LogP contribution in [0.2, 0.25) is 0 Å². The van der Waals surface area contributed by atoms with Crippen LogP contribution < -0.4 is 10.6 Å². The fourth-order valence-electron chi connectivity index (χ4n) is 4.18. The highest BCUT2D eigenvalue weighted by atomic mass is 19.1. The first-order chi connectivity index (χ1) is 15.1. The Morgan fingerprint density at radius 2 is 1.94 bits per heavy atom. The van der Waals surface area contributed by atoms with Crippen molar-refractivity contribution in [1.82, 2.24) is 15.1 Å². The fourth-order valence-corrected chi connectivity index (χ4v) is 4.18. The highest BCUT2D eigenvalue weighted by Crippen LogP contribution is 2.24. The number of hydrogen-bond acceptors (Lipinski definition) is 4. The molecule has 2 aromatic rings. The van der Waals surface area contributed by atoms with E-state index in [4.69, 9.17) is 4.74 Å². The van der Waals surface area contributed by atoms with Crippen molar-refractivity contribution in [2.24, 2.45) is 4.99 Å². The Morgan fingerprint density at radius 3 is 2.68 bits per heavy atom.